The number of benzene rings is 2. The SMILES string of the molecule is COc1cc(C(=O)NCC(=O)OCc2nc(-c3ccc(Cl)cc3)no2)cc(OC)c1OC. The number of hydrogen-bond donors (Lipinski definition) is 1. The van der Waals surface area contributed by atoms with Crippen molar-refractivity contribution >= 4 is 23.5 Å². The van der Waals surface area contributed by atoms with Crippen LogP contribution in [0.3, 0.4) is 0 Å². The molecule has 3 rings (SSSR count). The third kappa shape index (κ3) is 5.46. The second-order valence-electron chi connectivity index (χ2n) is 6.28. The molecule has 0 aliphatic carbocycles. The highest BCUT2D eigenvalue weighted by Gasteiger charge is 2.18. The molecule has 0 aliphatic rings. The molecule has 168 valence electrons. The number of hydrogen-bond acceptors (Lipinski definition) is 9. The zero-order valence-corrected chi connectivity index (χ0v) is 18.3. The molecule has 1 aromatic heterocycles. The summed E-state index contributed by atoms with van der Waals surface area (Å²) in [7, 11) is 4.33. The summed E-state index contributed by atoms with van der Waals surface area (Å²) in [6.07, 6.45) is 0. The fraction of sp³-hybridized carbons (Fsp3) is 0.238. The largest absolute Gasteiger partial charge is 0.493 e. The van der Waals surface area contributed by atoms with Crippen LogP contribution in [0.25, 0.3) is 11.4 Å². The van der Waals surface area contributed by atoms with E-state index in [4.69, 9.17) is 35.1 Å². The quantitative estimate of drug-likeness (QED) is 0.479. The van der Waals surface area contributed by atoms with Gasteiger partial charge in [0.15, 0.2) is 18.1 Å². The lowest BCUT2D eigenvalue weighted by Gasteiger charge is -2.14. The van der Waals surface area contributed by atoms with E-state index < -0.39 is 11.9 Å². The monoisotopic (exact) mass is 461 g/mol. The summed E-state index contributed by atoms with van der Waals surface area (Å²) in [6.45, 7) is -0.604. The van der Waals surface area contributed by atoms with E-state index in [9.17, 15) is 9.59 Å². The highest BCUT2D eigenvalue weighted by Crippen LogP contribution is 2.38. The molecule has 0 fully saturated rings. The number of carbonyl (C=O) groups is 2. The number of esters is 1. The Morgan fingerprint density at radius 2 is 1.69 bits per heavy atom. The Morgan fingerprint density at radius 1 is 1.03 bits per heavy atom. The molecule has 0 unspecified atom stereocenters. The number of amides is 1. The normalized spacial score (nSPS) is 10.4. The van der Waals surface area contributed by atoms with Gasteiger partial charge in [-0.1, -0.05) is 16.8 Å². The summed E-state index contributed by atoms with van der Waals surface area (Å²) < 4.78 is 25.8. The summed E-state index contributed by atoms with van der Waals surface area (Å²) >= 11 is 5.85. The van der Waals surface area contributed by atoms with Crippen molar-refractivity contribution in [2.75, 3.05) is 27.9 Å². The molecule has 32 heavy (non-hydrogen) atoms. The summed E-state index contributed by atoms with van der Waals surface area (Å²) in [5.74, 6) is 0.215. The van der Waals surface area contributed by atoms with Gasteiger partial charge in [0.1, 0.15) is 6.54 Å². The third-order valence-corrected chi connectivity index (χ3v) is 4.50. The van der Waals surface area contributed by atoms with E-state index in [-0.39, 0.29) is 24.6 Å². The van der Waals surface area contributed by atoms with Gasteiger partial charge < -0.3 is 28.8 Å². The van der Waals surface area contributed by atoms with Crippen molar-refractivity contribution in [3.63, 3.8) is 0 Å². The predicted octanol–water partition coefficient (Wildman–Crippen LogP) is 2.89. The lowest BCUT2D eigenvalue weighted by atomic mass is 10.1. The van der Waals surface area contributed by atoms with Crippen molar-refractivity contribution in [2.45, 2.75) is 6.61 Å². The second kappa shape index (κ2) is 10.5. The average Bonchev–Trinajstić information content (AvgIpc) is 3.29. The maximum atomic E-state index is 12.4. The van der Waals surface area contributed by atoms with Gasteiger partial charge in [-0.3, -0.25) is 9.59 Å². The highest BCUT2D eigenvalue weighted by atomic mass is 35.5. The van der Waals surface area contributed by atoms with Gasteiger partial charge in [0.2, 0.25) is 11.6 Å². The number of carbonyl (C=O) groups excluding carboxylic acids is 2. The van der Waals surface area contributed by atoms with Crippen LogP contribution in [0.2, 0.25) is 5.02 Å². The van der Waals surface area contributed by atoms with Crippen LogP contribution in [0.5, 0.6) is 17.2 Å². The van der Waals surface area contributed by atoms with Crippen LogP contribution in [0.15, 0.2) is 40.9 Å². The summed E-state index contributed by atoms with van der Waals surface area (Å²) in [6, 6.07) is 9.81. The number of rotatable bonds is 9. The van der Waals surface area contributed by atoms with E-state index in [0.29, 0.717) is 33.7 Å². The number of ether oxygens (including phenoxy) is 4. The fourth-order valence-corrected chi connectivity index (χ4v) is 2.82. The Morgan fingerprint density at radius 3 is 2.28 bits per heavy atom. The Kier molecular flexibility index (Phi) is 7.50. The van der Waals surface area contributed by atoms with Crippen LogP contribution in [0.4, 0.5) is 0 Å². The van der Waals surface area contributed by atoms with E-state index in [0.717, 1.165) is 0 Å². The van der Waals surface area contributed by atoms with Gasteiger partial charge in [0.25, 0.3) is 11.8 Å². The molecule has 1 amide bonds. The summed E-state index contributed by atoms with van der Waals surface area (Å²) in [5.41, 5.74) is 0.921. The first-order valence-corrected chi connectivity index (χ1v) is 9.65. The van der Waals surface area contributed by atoms with Gasteiger partial charge in [0.05, 0.1) is 21.3 Å². The molecule has 0 bridgehead atoms. The van der Waals surface area contributed by atoms with E-state index >= 15 is 0 Å². The minimum Gasteiger partial charge on any atom is -0.493 e. The van der Waals surface area contributed by atoms with Crippen molar-refractivity contribution in [2.24, 2.45) is 0 Å². The van der Waals surface area contributed by atoms with E-state index in [2.05, 4.69) is 15.5 Å². The molecule has 0 saturated carbocycles. The molecule has 10 nitrogen and oxygen atoms in total. The Labute approximate surface area is 188 Å². The highest BCUT2D eigenvalue weighted by molar-refractivity contribution is 6.30. The van der Waals surface area contributed by atoms with Crippen molar-refractivity contribution in [1.82, 2.24) is 15.5 Å². The topological polar surface area (TPSA) is 122 Å². The molecule has 0 aliphatic heterocycles. The first-order chi connectivity index (χ1) is 15.4. The molecule has 2 aromatic carbocycles. The second-order valence-corrected chi connectivity index (χ2v) is 6.71. The molecule has 3 aromatic rings. The lowest BCUT2D eigenvalue weighted by Crippen LogP contribution is -2.30. The van der Waals surface area contributed by atoms with Gasteiger partial charge in [-0.2, -0.15) is 4.98 Å². The molecule has 11 heteroatoms. The van der Waals surface area contributed by atoms with Gasteiger partial charge in [0, 0.05) is 16.1 Å². The smallest absolute Gasteiger partial charge is 0.325 e. The van der Waals surface area contributed by atoms with Crippen LogP contribution in [-0.2, 0) is 16.1 Å². The molecule has 0 atom stereocenters. The van der Waals surface area contributed by atoms with Crippen molar-refractivity contribution in [1.29, 1.82) is 0 Å². The van der Waals surface area contributed by atoms with E-state index in [1.54, 1.807) is 24.3 Å². The average molecular weight is 462 g/mol. The minimum absolute atomic E-state index is 0.110. The first kappa shape index (κ1) is 22.9. The van der Waals surface area contributed by atoms with Gasteiger partial charge in [-0.15, -0.1) is 0 Å². The molecular weight excluding hydrogens is 442 g/mol. The number of methoxy groups -OCH3 is 3. The Balaban J connectivity index is 1.54. The third-order valence-electron chi connectivity index (χ3n) is 4.25. The minimum atomic E-state index is -0.683. The molecule has 0 spiro atoms. The molecule has 0 saturated heterocycles. The van der Waals surface area contributed by atoms with Crippen LogP contribution in [0, 0.1) is 0 Å². The number of halogens is 1. The van der Waals surface area contributed by atoms with E-state index in [1.165, 1.54) is 33.5 Å². The van der Waals surface area contributed by atoms with Gasteiger partial charge in [-0.05, 0) is 36.4 Å². The van der Waals surface area contributed by atoms with Crippen molar-refractivity contribution in [3.05, 3.63) is 52.9 Å². The van der Waals surface area contributed by atoms with Gasteiger partial charge >= 0.3 is 5.97 Å². The number of nitrogens with zero attached hydrogens (tertiary/aromatic N) is 2. The fourth-order valence-electron chi connectivity index (χ4n) is 2.69. The maximum Gasteiger partial charge on any atom is 0.325 e. The Bertz CT molecular complexity index is 1070. The van der Waals surface area contributed by atoms with Crippen molar-refractivity contribution in [3.8, 4) is 28.6 Å². The number of nitrogens with one attached hydrogen (secondary N) is 1. The van der Waals surface area contributed by atoms with E-state index in [1.807, 2.05) is 0 Å². The van der Waals surface area contributed by atoms with Crippen LogP contribution in [0.1, 0.15) is 16.2 Å². The van der Waals surface area contributed by atoms with Crippen molar-refractivity contribution < 1.29 is 33.1 Å². The van der Waals surface area contributed by atoms with Crippen LogP contribution < -0.4 is 19.5 Å². The molecular formula is C21H20ClN3O7. The molecule has 1 N–H and O–H groups in total. The van der Waals surface area contributed by atoms with Gasteiger partial charge in [-0.25, -0.2) is 0 Å². The standard InChI is InChI=1S/C21H20ClN3O7/c1-28-15-8-13(9-16(29-2)19(15)30-3)21(27)23-10-18(26)31-11-17-24-20(25-32-17)12-4-6-14(22)7-5-12/h4-9H,10-11H2,1-3H3,(H,23,27). The maximum absolute atomic E-state index is 12.4. The summed E-state index contributed by atoms with van der Waals surface area (Å²) in [4.78, 5) is 28.6. The van der Waals surface area contributed by atoms with Crippen LogP contribution in [-0.4, -0.2) is 49.9 Å². The molecule has 1 heterocycles. The zero-order chi connectivity index (χ0) is 23.1. The predicted molar refractivity (Wildman–Crippen MR) is 113 cm³/mol. The molecule has 0 radical (unpaired) electrons. The number of aromatic nitrogens is 2. The zero-order valence-electron chi connectivity index (χ0n) is 17.5. The Hall–Kier alpha value is -3.79. The summed E-state index contributed by atoms with van der Waals surface area (Å²) in [5, 5.41) is 6.88. The lowest BCUT2D eigenvalue weighted by molar-refractivity contribution is -0.144. The first-order valence-electron chi connectivity index (χ1n) is 9.27. The van der Waals surface area contributed by atoms with Crippen LogP contribution >= 0.6 is 11.6 Å².